The van der Waals surface area contributed by atoms with E-state index in [0.717, 1.165) is 30.4 Å². The van der Waals surface area contributed by atoms with Crippen LogP contribution in [0, 0.1) is 0 Å². The SMILES string of the molecule is CCCCCc1cc(CCCC)cc(CC)c1O. The molecule has 0 aliphatic carbocycles. The van der Waals surface area contributed by atoms with E-state index in [1.165, 1.54) is 37.7 Å². The first-order valence-electron chi connectivity index (χ1n) is 7.56. The lowest BCUT2D eigenvalue weighted by Crippen LogP contribution is -1.96. The lowest BCUT2D eigenvalue weighted by Gasteiger charge is -2.12. The van der Waals surface area contributed by atoms with Crippen molar-refractivity contribution >= 4 is 0 Å². The van der Waals surface area contributed by atoms with Gasteiger partial charge in [0.25, 0.3) is 0 Å². The number of hydrogen-bond donors (Lipinski definition) is 1. The van der Waals surface area contributed by atoms with Crippen molar-refractivity contribution in [1.29, 1.82) is 0 Å². The van der Waals surface area contributed by atoms with Gasteiger partial charge in [-0.25, -0.2) is 0 Å². The number of aryl methyl sites for hydroxylation is 3. The molecule has 1 aromatic rings. The standard InChI is InChI=1S/C17H28O/c1-4-7-9-11-16-13-14(10-8-5-2)12-15(6-3)17(16)18/h12-13,18H,4-11H2,1-3H3. The molecule has 0 aliphatic rings. The summed E-state index contributed by atoms with van der Waals surface area (Å²) in [4.78, 5) is 0. The van der Waals surface area contributed by atoms with Crippen LogP contribution >= 0.6 is 0 Å². The number of phenols is 1. The second kappa shape index (κ2) is 8.18. The Kier molecular flexibility index (Phi) is 6.85. The molecule has 0 saturated carbocycles. The number of phenolic OH excluding ortho intramolecular Hbond substituents is 1. The molecule has 1 aromatic carbocycles. The van der Waals surface area contributed by atoms with Gasteiger partial charge in [0.15, 0.2) is 0 Å². The summed E-state index contributed by atoms with van der Waals surface area (Å²) in [6.07, 6.45) is 9.22. The van der Waals surface area contributed by atoms with Crippen LogP contribution < -0.4 is 0 Å². The van der Waals surface area contributed by atoms with E-state index in [0.29, 0.717) is 5.75 Å². The van der Waals surface area contributed by atoms with Crippen molar-refractivity contribution in [3.05, 3.63) is 28.8 Å². The average molecular weight is 248 g/mol. The van der Waals surface area contributed by atoms with E-state index in [2.05, 4.69) is 32.9 Å². The summed E-state index contributed by atoms with van der Waals surface area (Å²) in [5.41, 5.74) is 3.68. The maximum Gasteiger partial charge on any atom is 0.121 e. The van der Waals surface area contributed by atoms with Crippen molar-refractivity contribution in [3.8, 4) is 5.75 Å². The normalized spacial score (nSPS) is 10.8. The van der Waals surface area contributed by atoms with Crippen LogP contribution in [0.2, 0.25) is 0 Å². The van der Waals surface area contributed by atoms with Gasteiger partial charge < -0.3 is 5.11 Å². The van der Waals surface area contributed by atoms with E-state index < -0.39 is 0 Å². The Hall–Kier alpha value is -0.980. The molecule has 0 amide bonds. The summed E-state index contributed by atoms with van der Waals surface area (Å²) in [6, 6.07) is 4.41. The third-order valence-electron chi connectivity index (χ3n) is 3.58. The molecule has 102 valence electrons. The molecular weight excluding hydrogens is 220 g/mol. The molecule has 0 aromatic heterocycles. The molecule has 0 radical (unpaired) electrons. The van der Waals surface area contributed by atoms with E-state index in [1.54, 1.807) is 0 Å². The van der Waals surface area contributed by atoms with Gasteiger partial charge in [-0.15, -0.1) is 0 Å². The van der Waals surface area contributed by atoms with Gasteiger partial charge in [0, 0.05) is 0 Å². The monoisotopic (exact) mass is 248 g/mol. The highest BCUT2D eigenvalue weighted by Crippen LogP contribution is 2.27. The molecule has 0 saturated heterocycles. The molecule has 1 heteroatoms. The summed E-state index contributed by atoms with van der Waals surface area (Å²) < 4.78 is 0. The Labute approximate surface area is 112 Å². The van der Waals surface area contributed by atoms with Crippen LogP contribution in [0.3, 0.4) is 0 Å². The summed E-state index contributed by atoms with van der Waals surface area (Å²) >= 11 is 0. The van der Waals surface area contributed by atoms with Gasteiger partial charge in [-0.05, 0) is 48.8 Å². The maximum absolute atomic E-state index is 10.2. The molecule has 1 nitrogen and oxygen atoms in total. The molecular formula is C17H28O. The lowest BCUT2D eigenvalue weighted by atomic mass is 9.96. The first-order chi connectivity index (χ1) is 8.72. The zero-order valence-electron chi connectivity index (χ0n) is 12.3. The minimum absolute atomic E-state index is 0.550. The molecule has 0 fully saturated rings. The van der Waals surface area contributed by atoms with Gasteiger partial charge in [-0.1, -0.05) is 52.2 Å². The van der Waals surface area contributed by atoms with Crippen molar-refractivity contribution in [2.45, 2.75) is 72.1 Å². The van der Waals surface area contributed by atoms with Crippen molar-refractivity contribution < 1.29 is 5.11 Å². The minimum atomic E-state index is 0.550. The van der Waals surface area contributed by atoms with E-state index in [9.17, 15) is 5.11 Å². The number of benzene rings is 1. The first-order valence-corrected chi connectivity index (χ1v) is 7.56. The molecule has 0 unspecified atom stereocenters. The van der Waals surface area contributed by atoms with Crippen LogP contribution in [0.1, 0.15) is 69.6 Å². The van der Waals surface area contributed by atoms with Gasteiger partial charge >= 0.3 is 0 Å². The van der Waals surface area contributed by atoms with Crippen molar-refractivity contribution in [2.75, 3.05) is 0 Å². The van der Waals surface area contributed by atoms with Crippen LogP contribution in [0.5, 0.6) is 5.75 Å². The Morgan fingerprint density at radius 2 is 1.50 bits per heavy atom. The molecule has 0 aliphatic heterocycles. The van der Waals surface area contributed by atoms with E-state index in [-0.39, 0.29) is 0 Å². The molecule has 1 rings (SSSR count). The Balaban J connectivity index is 2.84. The zero-order chi connectivity index (χ0) is 13.4. The van der Waals surface area contributed by atoms with Gasteiger partial charge in [0.2, 0.25) is 0 Å². The lowest BCUT2D eigenvalue weighted by molar-refractivity contribution is 0.459. The fraction of sp³-hybridized carbons (Fsp3) is 0.647. The Morgan fingerprint density at radius 3 is 2.11 bits per heavy atom. The van der Waals surface area contributed by atoms with Gasteiger partial charge in [0.1, 0.15) is 5.75 Å². The second-order valence-electron chi connectivity index (χ2n) is 5.18. The molecule has 1 N–H and O–H groups in total. The number of aromatic hydroxyl groups is 1. The largest absolute Gasteiger partial charge is 0.507 e. The Bertz CT molecular complexity index is 355. The molecule has 0 spiro atoms. The summed E-state index contributed by atoms with van der Waals surface area (Å²) in [5.74, 6) is 0.550. The van der Waals surface area contributed by atoms with Crippen molar-refractivity contribution in [1.82, 2.24) is 0 Å². The van der Waals surface area contributed by atoms with Crippen LogP contribution in [0.4, 0.5) is 0 Å². The van der Waals surface area contributed by atoms with E-state index in [1.807, 2.05) is 0 Å². The maximum atomic E-state index is 10.2. The predicted molar refractivity (Wildman–Crippen MR) is 79.3 cm³/mol. The fourth-order valence-electron chi connectivity index (χ4n) is 2.38. The van der Waals surface area contributed by atoms with Crippen molar-refractivity contribution in [3.63, 3.8) is 0 Å². The Morgan fingerprint density at radius 1 is 0.833 bits per heavy atom. The van der Waals surface area contributed by atoms with Crippen LogP contribution in [0.25, 0.3) is 0 Å². The van der Waals surface area contributed by atoms with Crippen LogP contribution in [0.15, 0.2) is 12.1 Å². The fourth-order valence-corrected chi connectivity index (χ4v) is 2.38. The third-order valence-corrected chi connectivity index (χ3v) is 3.58. The first kappa shape index (κ1) is 15.1. The number of rotatable bonds is 8. The number of unbranched alkanes of at least 4 members (excludes halogenated alkanes) is 3. The second-order valence-corrected chi connectivity index (χ2v) is 5.18. The average Bonchev–Trinajstić information content (AvgIpc) is 2.39. The van der Waals surface area contributed by atoms with Crippen LogP contribution in [-0.4, -0.2) is 5.11 Å². The zero-order valence-corrected chi connectivity index (χ0v) is 12.3. The van der Waals surface area contributed by atoms with Crippen molar-refractivity contribution in [2.24, 2.45) is 0 Å². The summed E-state index contributed by atoms with van der Waals surface area (Å²) in [7, 11) is 0. The minimum Gasteiger partial charge on any atom is -0.507 e. The molecule has 0 bridgehead atoms. The topological polar surface area (TPSA) is 20.2 Å². The van der Waals surface area contributed by atoms with Crippen LogP contribution in [-0.2, 0) is 19.3 Å². The highest BCUT2D eigenvalue weighted by molar-refractivity contribution is 5.44. The summed E-state index contributed by atoms with van der Waals surface area (Å²) in [6.45, 7) is 6.56. The third kappa shape index (κ3) is 4.36. The van der Waals surface area contributed by atoms with Gasteiger partial charge in [0.05, 0.1) is 0 Å². The van der Waals surface area contributed by atoms with Gasteiger partial charge in [-0.3, -0.25) is 0 Å². The van der Waals surface area contributed by atoms with E-state index in [4.69, 9.17) is 0 Å². The highest BCUT2D eigenvalue weighted by atomic mass is 16.3. The quantitative estimate of drug-likeness (QED) is 0.640. The van der Waals surface area contributed by atoms with Gasteiger partial charge in [-0.2, -0.15) is 0 Å². The number of hydrogen-bond acceptors (Lipinski definition) is 1. The van der Waals surface area contributed by atoms with E-state index >= 15 is 0 Å². The molecule has 0 atom stereocenters. The molecule has 18 heavy (non-hydrogen) atoms. The summed E-state index contributed by atoms with van der Waals surface area (Å²) in [5, 5.41) is 10.2. The molecule has 0 heterocycles. The predicted octanol–water partition coefficient (Wildman–Crippen LogP) is 5.03. The smallest absolute Gasteiger partial charge is 0.121 e. The highest BCUT2D eigenvalue weighted by Gasteiger charge is 2.08.